The van der Waals surface area contributed by atoms with Crippen LogP contribution in [0, 0.1) is 24.7 Å². The Hall–Kier alpha value is -3.52. The molecule has 0 saturated carbocycles. The number of rotatable bonds is 3. The molecule has 0 spiro atoms. The maximum absolute atomic E-state index is 13.5. The highest BCUT2D eigenvalue weighted by atomic mass is 16.5. The van der Waals surface area contributed by atoms with Crippen molar-refractivity contribution < 1.29 is 34.1 Å². The number of esters is 1. The van der Waals surface area contributed by atoms with E-state index in [2.05, 4.69) is 5.32 Å². The van der Waals surface area contributed by atoms with E-state index in [-0.39, 0.29) is 58.1 Å². The van der Waals surface area contributed by atoms with Crippen LogP contribution in [0.1, 0.15) is 91.6 Å². The van der Waals surface area contributed by atoms with Gasteiger partial charge in [0, 0.05) is 35.6 Å². The predicted molar refractivity (Wildman–Crippen MR) is 145 cm³/mol. The molecule has 1 amide bonds. The summed E-state index contributed by atoms with van der Waals surface area (Å²) >= 11 is 0. The summed E-state index contributed by atoms with van der Waals surface area (Å²) in [6, 6.07) is 1.44. The number of benzene rings is 1. The summed E-state index contributed by atoms with van der Waals surface area (Å²) in [5.74, 6) is -3.42. The summed E-state index contributed by atoms with van der Waals surface area (Å²) in [6.45, 7) is 9.20. The number of hydrogen-bond donors (Lipinski definition) is 3. The lowest BCUT2D eigenvalue weighted by molar-refractivity contribution is -0.144. The fraction of sp³-hybridized carbons (Fsp3) is 0.484. The molecular weight excluding hydrogens is 498 g/mol. The van der Waals surface area contributed by atoms with Gasteiger partial charge in [0.2, 0.25) is 5.91 Å². The van der Waals surface area contributed by atoms with Gasteiger partial charge in [0.1, 0.15) is 17.5 Å². The Bertz CT molecular complexity index is 1320. The molecule has 3 aliphatic rings. The number of ether oxygens (including phenoxy) is 1. The number of Topliss-reactive ketones (excluding diaryl/α,β-unsaturated/α-hetero) is 1. The smallest absolute Gasteiger partial charge is 0.333 e. The molecule has 0 aromatic heterocycles. The Kier molecular flexibility index (Phi) is 7.98. The van der Waals surface area contributed by atoms with Gasteiger partial charge < -0.3 is 20.3 Å². The molecule has 39 heavy (non-hydrogen) atoms. The molecule has 4 bridgehead atoms. The lowest BCUT2D eigenvalue weighted by Crippen LogP contribution is -2.39. The summed E-state index contributed by atoms with van der Waals surface area (Å²) in [5.41, 5.74) is -1.83. The molecule has 0 radical (unpaired) electrons. The predicted octanol–water partition coefficient (Wildman–Crippen LogP) is 4.57. The van der Waals surface area contributed by atoms with Gasteiger partial charge in [-0.1, -0.05) is 39.0 Å². The Morgan fingerprint density at radius 2 is 1.87 bits per heavy atom. The second-order valence-corrected chi connectivity index (χ2v) is 11.3. The number of aliphatic hydroxyl groups is 1. The van der Waals surface area contributed by atoms with E-state index in [1.165, 1.54) is 19.1 Å². The van der Waals surface area contributed by atoms with Crippen molar-refractivity contribution in [1.29, 1.82) is 0 Å². The van der Waals surface area contributed by atoms with Crippen LogP contribution < -0.4 is 5.32 Å². The van der Waals surface area contributed by atoms with Crippen LogP contribution in [-0.4, -0.2) is 39.8 Å². The zero-order valence-electron chi connectivity index (χ0n) is 23.2. The number of phenols is 1. The molecule has 1 aromatic carbocycles. The standard InChI is InChI=1S/C31H37NO7/c1-6-19-8-7-9-20(12-16(2)3)39-30(37)18(5)14-22-29(36)32-25-15-24(34)26-21(31(22,25)38)13-17(4)28(35)27(26)23(33)11-10-19/h7-8,13-16,19-20,22,35,38H,6,9-12H2,1-5H3,(H,32,36)/t19-,20+,22+,31-/m0/s1. The minimum Gasteiger partial charge on any atom is -0.507 e. The first-order valence-electron chi connectivity index (χ1n) is 13.6. The third-order valence-electron chi connectivity index (χ3n) is 7.92. The highest BCUT2D eigenvalue weighted by Gasteiger charge is 2.55. The van der Waals surface area contributed by atoms with Gasteiger partial charge in [0.05, 0.1) is 17.2 Å². The second kappa shape index (κ2) is 10.9. The number of cyclic esters (lactones) is 1. The monoisotopic (exact) mass is 535 g/mol. The third kappa shape index (κ3) is 5.22. The Morgan fingerprint density at radius 3 is 2.54 bits per heavy atom. The largest absolute Gasteiger partial charge is 0.507 e. The summed E-state index contributed by atoms with van der Waals surface area (Å²) in [5, 5.41) is 25.6. The maximum Gasteiger partial charge on any atom is 0.333 e. The van der Waals surface area contributed by atoms with Crippen LogP contribution >= 0.6 is 0 Å². The summed E-state index contributed by atoms with van der Waals surface area (Å²) in [7, 11) is 0. The number of amides is 1. The Morgan fingerprint density at radius 1 is 1.15 bits per heavy atom. The molecule has 2 heterocycles. The van der Waals surface area contributed by atoms with E-state index in [1.54, 1.807) is 6.92 Å². The molecule has 1 aromatic rings. The van der Waals surface area contributed by atoms with E-state index in [0.717, 1.165) is 12.5 Å². The van der Waals surface area contributed by atoms with E-state index >= 15 is 0 Å². The van der Waals surface area contributed by atoms with Crippen molar-refractivity contribution in [3.8, 4) is 5.75 Å². The van der Waals surface area contributed by atoms with Crippen LogP contribution in [0.2, 0.25) is 0 Å². The van der Waals surface area contributed by atoms with E-state index in [1.807, 2.05) is 32.9 Å². The zero-order chi connectivity index (χ0) is 28.6. The number of aromatic hydroxyl groups is 1. The van der Waals surface area contributed by atoms with E-state index in [0.29, 0.717) is 24.8 Å². The van der Waals surface area contributed by atoms with Crippen LogP contribution in [0.15, 0.2) is 41.6 Å². The number of ketones is 2. The minimum atomic E-state index is -2.03. The van der Waals surface area contributed by atoms with Crippen molar-refractivity contribution in [3.05, 3.63) is 63.9 Å². The summed E-state index contributed by atoms with van der Waals surface area (Å²) in [4.78, 5) is 53.0. The molecule has 208 valence electrons. The minimum absolute atomic E-state index is 0.0262. The fourth-order valence-corrected chi connectivity index (χ4v) is 5.74. The zero-order valence-corrected chi connectivity index (χ0v) is 23.2. The van der Waals surface area contributed by atoms with Crippen LogP contribution in [0.5, 0.6) is 5.75 Å². The lowest BCUT2D eigenvalue weighted by Gasteiger charge is -2.34. The molecule has 8 heteroatoms. The van der Waals surface area contributed by atoms with Crippen molar-refractivity contribution in [2.45, 2.75) is 78.4 Å². The molecule has 8 nitrogen and oxygen atoms in total. The molecule has 1 saturated heterocycles. The van der Waals surface area contributed by atoms with Crippen molar-refractivity contribution in [2.75, 3.05) is 0 Å². The SMILES string of the molecule is CC[C@H]1C=CC[C@H](CC(C)C)OC(=O)C(C)=C[C@@H]2C(=O)NC3=CC(=O)c4c(cc(C)c(O)c4C(=O)CC1)[C@@]32O. The molecule has 1 fully saturated rings. The summed E-state index contributed by atoms with van der Waals surface area (Å²) in [6.07, 6.45) is 8.57. The maximum atomic E-state index is 13.5. The number of aryl methyl sites for hydroxylation is 1. The normalized spacial score (nSPS) is 27.6. The first-order valence-corrected chi connectivity index (χ1v) is 13.6. The van der Waals surface area contributed by atoms with Gasteiger partial charge in [0.25, 0.3) is 0 Å². The average molecular weight is 536 g/mol. The van der Waals surface area contributed by atoms with Crippen molar-refractivity contribution in [3.63, 3.8) is 0 Å². The molecule has 4 rings (SSSR count). The number of phenolic OH excluding ortho intramolecular Hbond substituents is 1. The van der Waals surface area contributed by atoms with Crippen molar-refractivity contribution in [2.24, 2.45) is 17.8 Å². The van der Waals surface area contributed by atoms with Gasteiger partial charge in [-0.05, 0) is 56.6 Å². The third-order valence-corrected chi connectivity index (χ3v) is 7.92. The Labute approximate surface area is 228 Å². The van der Waals surface area contributed by atoms with E-state index < -0.39 is 35.0 Å². The lowest BCUT2D eigenvalue weighted by atomic mass is 9.72. The molecule has 3 N–H and O–H groups in total. The first kappa shape index (κ1) is 28.5. The average Bonchev–Trinajstić information content (AvgIpc) is 3.10. The molecule has 1 aliphatic carbocycles. The van der Waals surface area contributed by atoms with E-state index in [4.69, 9.17) is 4.74 Å². The Balaban J connectivity index is 1.91. The highest BCUT2D eigenvalue weighted by molar-refractivity contribution is 6.17. The van der Waals surface area contributed by atoms with Crippen LogP contribution in [0.25, 0.3) is 0 Å². The van der Waals surface area contributed by atoms with Gasteiger partial charge in [-0.2, -0.15) is 0 Å². The second-order valence-electron chi connectivity index (χ2n) is 11.3. The molecule has 0 unspecified atom stereocenters. The quantitative estimate of drug-likeness (QED) is 0.382. The topological polar surface area (TPSA) is 130 Å². The van der Waals surface area contributed by atoms with Gasteiger partial charge in [-0.3, -0.25) is 14.4 Å². The molecular formula is C31H37NO7. The van der Waals surface area contributed by atoms with Gasteiger partial charge in [-0.15, -0.1) is 0 Å². The van der Waals surface area contributed by atoms with Crippen LogP contribution in [0.4, 0.5) is 0 Å². The van der Waals surface area contributed by atoms with Crippen LogP contribution in [0.3, 0.4) is 0 Å². The van der Waals surface area contributed by atoms with Crippen molar-refractivity contribution in [1.82, 2.24) is 5.32 Å². The highest BCUT2D eigenvalue weighted by Crippen LogP contribution is 2.49. The first-order chi connectivity index (χ1) is 18.4. The van der Waals surface area contributed by atoms with E-state index in [9.17, 15) is 29.4 Å². The number of carbonyl (C=O) groups excluding carboxylic acids is 4. The number of nitrogens with one attached hydrogen (secondary N) is 1. The van der Waals surface area contributed by atoms with Gasteiger partial charge in [0.15, 0.2) is 11.6 Å². The molecule has 4 atom stereocenters. The number of carbonyl (C=O) groups is 4. The van der Waals surface area contributed by atoms with Crippen LogP contribution in [-0.2, 0) is 19.9 Å². The van der Waals surface area contributed by atoms with Gasteiger partial charge >= 0.3 is 5.97 Å². The van der Waals surface area contributed by atoms with Gasteiger partial charge in [-0.25, -0.2) is 4.79 Å². The number of allylic oxidation sites excluding steroid dienone is 2. The van der Waals surface area contributed by atoms with Crippen molar-refractivity contribution >= 4 is 23.4 Å². The number of hydrogen-bond acceptors (Lipinski definition) is 7. The summed E-state index contributed by atoms with van der Waals surface area (Å²) < 4.78 is 5.83. The fourth-order valence-electron chi connectivity index (χ4n) is 5.74. The molecule has 2 aliphatic heterocycles.